The summed E-state index contributed by atoms with van der Waals surface area (Å²) in [7, 11) is 1.22. The topological polar surface area (TPSA) is 91.2 Å². The van der Waals surface area contributed by atoms with Crippen LogP contribution in [-0.4, -0.2) is 59.6 Å². The molecule has 2 N–H and O–H groups in total. The molecule has 2 heterocycles. The van der Waals surface area contributed by atoms with Crippen LogP contribution in [0.5, 0.6) is 0 Å². The third-order valence-corrected chi connectivity index (χ3v) is 5.63. The molecule has 7 nitrogen and oxygen atoms in total. The van der Waals surface area contributed by atoms with E-state index in [1.54, 1.807) is 4.90 Å². The number of nitrogens with zero attached hydrogens (tertiary/aromatic N) is 2. The zero-order valence-corrected chi connectivity index (χ0v) is 17.5. The molecule has 150 valence electrons. The van der Waals surface area contributed by atoms with E-state index in [-0.39, 0.29) is 11.9 Å². The third kappa shape index (κ3) is 4.44. The van der Waals surface area contributed by atoms with Crippen molar-refractivity contribution in [1.29, 1.82) is 0 Å². The molecule has 3 rings (SSSR count). The molecule has 0 unspecified atom stereocenters. The van der Waals surface area contributed by atoms with Crippen LogP contribution in [0, 0.1) is 0 Å². The van der Waals surface area contributed by atoms with E-state index in [2.05, 4.69) is 31.0 Å². The zero-order chi connectivity index (χ0) is 20.3. The van der Waals surface area contributed by atoms with E-state index in [9.17, 15) is 14.7 Å². The molecule has 1 aromatic rings. The van der Waals surface area contributed by atoms with Crippen LogP contribution in [-0.2, 0) is 9.53 Å². The quantitative estimate of drug-likeness (QED) is 0.722. The van der Waals surface area contributed by atoms with Crippen molar-refractivity contribution in [3.63, 3.8) is 0 Å². The Bertz CT molecular complexity index is 804. The zero-order valence-electron chi connectivity index (χ0n) is 15.9. The first-order valence-corrected chi connectivity index (χ1v) is 10.0. The maximum Gasteiger partial charge on any atom is 0.407 e. The van der Waals surface area contributed by atoms with Gasteiger partial charge in [0.25, 0.3) is 0 Å². The summed E-state index contributed by atoms with van der Waals surface area (Å²) in [5, 5.41) is 12.4. The van der Waals surface area contributed by atoms with E-state index in [0.717, 1.165) is 34.2 Å². The summed E-state index contributed by atoms with van der Waals surface area (Å²) >= 11 is 3.44. The summed E-state index contributed by atoms with van der Waals surface area (Å²) in [6.45, 7) is 2.05. The van der Waals surface area contributed by atoms with Gasteiger partial charge in [-0.2, -0.15) is 0 Å². The average molecular weight is 450 g/mol. The maximum atomic E-state index is 13.0. The molecule has 0 radical (unpaired) electrons. The summed E-state index contributed by atoms with van der Waals surface area (Å²) in [5.41, 5.74) is 3.15. The Morgan fingerprint density at radius 2 is 2.07 bits per heavy atom. The summed E-state index contributed by atoms with van der Waals surface area (Å²) in [6.07, 6.45) is 2.44. The number of alkyl carbamates (subject to hydrolysis) is 1. The number of benzene rings is 1. The first kappa shape index (κ1) is 20.5. The average Bonchev–Trinajstić information content (AvgIpc) is 3.34. The lowest BCUT2D eigenvalue weighted by Crippen LogP contribution is -2.55. The number of likely N-dealkylation sites (tertiary alicyclic amines) is 1. The molecular formula is C20H24BrN3O4. The van der Waals surface area contributed by atoms with Gasteiger partial charge in [-0.25, -0.2) is 4.79 Å². The van der Waals surface area contributed by atoms with Crippen molar-refractivity contribution >= 4 is 39.2 Å². The van der Waals surface area contributed by atoms with Crippen LogP contribution in [0.3, 0.4) is 0 Å². The minimum atomic E-state index is -1.05. The predicted molar refractivity (Wildman–Crippen MR) is 110 cm³/mol. The number of aliphatic hydroxyl groups is 1. The number of amides is 2. The van der Waals surface area contributed by atoms with E-state index in [1.807, 2.05) is 30.5 Å². The number of hydrogen-bond acceptors (Lipinski definition) is 5. The van der Waals surface area contributed by atoms with E-state index in [4.69, 9.17) is 0 Å². The Morgan fingerprint density at radius 3 is 2.71 bits per heavy atom. The SMILES string of the molecule is COC(=O)N[C@H](C(=O)N1CCC[C@H]1C1=NC=C(c2ccc(Br)cc2)C1)[C@@H](C)O. The highest BCUT2D eigenvalue weighted by Gasteiger charge is 2.38. The Balaban J connectivity index is 1.70. The van der Waals surface area contributed by atoms with Gasteiger partial charge < -0.3 is 20.1 Å². The molecule has 28 heavy (non-hydrogen) atoms. The standard InChI is InChI=1S/C20H24BrN3O4/c1-12(25)18(23-20(27)28-2)19(26)24-9-3-4-17(24)16-10-14(11-22-16)13-5-7-15(21)8-6-13/h5-8,11-12,17-18,25H,3-4,9-10H2,1-2H3,(H,23,27)/t12-,17+,18+/m1/s1. The molecule has 1 saturated heterocycles. The molecule has 3 atom stereocenters. The molecule has 0 aliphatic carbocycles. The fourth-order valence-electron chi connectivity index (χ4n) is 3.62. The first-order valence-electron chi connectivity index (χ1n) is 9.25. The van der Waals surface area contributed by atoms with Gasteiger partial charge in [0.1, 0.15) is 6.04 Å². The highest BCUT2D eigenvalue weighted by molar-refractivity contribution is 9.10. The minimum absolute atomic E-state index is 0.127. The maximum absolute atomic E-state index is 13.0. The van der Waals surface area contributed by atoms with Crippen molar-refractivity contribution in [3.05, 3.63) is 40.5 Å². The van der Waals surface area contributed by atoms with Gasteiger partial charge in [0.05, 0.1) is 19.3 Å². The molecule has 1 aromatic carbocycles. The van der Waals surface area contributed by atoms with E-state index in [1.165, 1.54) is 14.0 Å². The molecule has 1 fully saturated rings. The van der Waals surface area contributed by atoms with E-state index >= 15 is 0 Å². The largest absolute Gasteiger partial charge is 0.453 e. The summed E-state index contributed by atoms with van der Waals surface area (Å²) in [4.78, 5) is 30.9. The number of hydrogen-bond donors (Lipinski definition) is 2. The molecular weight excluding hydrogens is 426 g/mol. The van der Waals surface area contributed by atoms with Crippen molar-refractivity contribution in [2.45, 2.75) is 44.4 Å². The van der Waals surface area contributed by atoms with Gasteiger partial charge in [0, 0.05) is 29.3 Å². The lowest BCUT2D eigenvalue weighted by molar-refractivity contribution is -0.135. The number of carbonyl (C=O) groups is 2. The highest BCUT2D eigenvalue weighted by atomic mass is 79.9. The Hall–Kier alpha value is -2.19. The number of methoxy groups -OCH3 is 1. The van der Waals surface area contributed by atoms with Crippen molar-refractivity contribution in [1.82, 2.24) is 10.2 Å². The number of halogens is 1. The van der Waals surface area contributed by atoms with Crippen molar-refractivity contribution < 1.29 is 19.4 Å². The van der Waals surface area contributed by atoms with Crippen LogP contribution in [0.2, 0.25) is 0 Å². The van der Waals surface area contributed by atoms with Crippen molar-refractivity contribution in [2.24, 2.45) is 4.99 Å². The Labute approximate surface area is 172 Å². The van der Waals surface area contributed by atoms with Gasteiger partial charge in [0.15, 0.2) is 0 Å². The molecule has 0 aromatic heterocycles. The van der Waals surface area contributed by atoms with Gasteiger partial charge in [-0.1, -0.05) is 28.1 Å². The van der Waals surface area contributed by atoms with Crippen LogP contribution < -0.4 is 5.32 Å². The number of ether oxygens (including phenoxy) is 1. The predicted octanol–water partition coefficient (Wildman–Crippen LogP) is 2.73. The lowest BCUT2D eigenvalue weighted by atomic mass is 9.98. The van der Waals surface area contributed by atoms with Gasteiger partial charge >= 0.3 is 6.09 Å². The second-order valence-corrected chi connectivity index (χ2v) is 7.92. The normalized spacial score (nSPS) is 21.0. The lowest BCUT2D eigenvalue weighted by Gasteiger charge is -2.30. The van der Waals surface area contributed by atoms with Crippen LogP contribution in [0.1, 0.15) is 31.7 Å². The Morgan fingerprint density at radius 1 is 1.36 bits per heavy atom. The molecule has 2 amide bonds. The summed E-state index contributed by atoms with van der Waals surface area (Å²) in [6, 6.07) is 6.88. The highest BCUT2D eigenvalue weighted by Crippen LogP contribution is 2.30. The number of aliphatic hydroxyl groups excluding tert-OH is 1. The van der Waals surface area contributed by atoms with E-state index in [0.29, 0.717) is 13.0 Å². The number of allylic oxidation sites excluding steroid dienone is 1. The number of aliphatic imine (C=N–C) groups is 1. The van der Waals surface area contributed by atoms with Gasteiger partial charge in [-0.05, 0) is 43.0 Å². The second kappa shape index (κ2) is 8.87. The van der Waals surface area contributed by atoms with Crippen LogP contribution in [0.4, 0.5) is 4.79 Å². The van der Waals surface area contributed by atoms with Crippen LogP contribution in [0.15, 0.2) is 39.9 Å². The monoisotopic (exact) mass is 449 g/mol. The second-order valence-electron chi connectivity index (χ2n) is 7.00. The number of carbonyl (C=O) groups excluding carboxylic acids is 2. The molecule has 2 aliphatic heterocycles. The molecule has 8 heteroatoms. The third-order valence-electron chi connectivity index (χ3n) is 5.10. The van der Waals surface area contributed by atoms with Gasteiger partial charge in [0.2, 0.25) is 5.91 Å². The molecule has 0 spiro atoms. The van der Waals surface area contributed by atoms with Gasteiger partial charge in [-0.3, -0.25) is 9.79 Å². The molecule has 0 bridgehead atoms. The molecule has 0 saturated carbocycles. The summed E-state index contributed by atoms with van der Waals surface area (Å²) < 4.78 is 5.59. The number of rotatable bonds is 5. The fourth-order valence-corrected chi connectivity index (χ4v) is 3.89. The van der Waals surface area contributed by atoms with Gasteiger partial charge in [-0.15, -0.1) is 0 Å². The number of nitrogens with one attached hydrogen (secondary N) is 1. The fraction of sp³-hybridized carbons (Fsp3) is 0.450. The van der Waals surface area contributed by atoms with Crippen LogP contribution in [0.25, 0.3) is 5.57 Å². The smallest absolute Gasteiger partial charge is 0.407 e. The van der Waals surface area contributed by atoms with Crippen LogP contribution >= 0.6 is 15.9 Å². The molecule has 2 aliphatic rings. The summed E-state index contributed by atoms with van der Waals surface area (Å²) in [5.74, 6) is -0.317. The minimum Gasteiger partial charge on any atom is -0.453 e. The first-order chi connectivity index (χ1) is 13.4. The van der Waals surface area contributed by atoms with E-state index < -0.39 is 18.2 Å². The Kier molecular flexibility index (Phi) is 6.51. The van der Waals surface area contributed by atoms with Crippen molar-refractivity contribution in [3.8, 4) is 0 Å². The van der Waals surface area contributed by atoms with Crippen molar-refractivity contribution in [2.75, 3.05) is 13.7 Å².